The molecular weight excluding hydrogens is 259 g/mol. The second kappa shape index (κ2) is 5.29. The molecule has 1 N–H and O–H groups in total. The molecule has 94 valence electrons. The third-order valence-corrected chi connectivity index (χ3v) is 2.69. The van der Waals surface area contributed by atoms with Crippen molar-refractivity contribution in [2.45, 2.75) is 6.10 Å². The first-order valence-corrected chi connectivity index (χ1v) is 5.49. The van der Waals surface area contributed by atoms with E-state index in [1.54, 1.807) is 0 Å². The van der Waals surface area contributed by atoms with Crippen LogP contribution in [0.15, 0.2) is 30.6 Å². The molecule has 4 nitrogen and oxygen atoms in total. The lowest BCUT2D eigenvalue weighted by Crippen LogP contribution is -2.06. The molecule has 1 aromatic heterocycles. The molecule has 0 aliphatic carbocycles. The molecule has 1 atom stereocenters. The van der Waals surface area contributed by atoms with Crippen molar-refractivity contribution < 1.29 is 14.2 Å². The van der Waals surface area contributed by atoms with Crippen molar-refractivity contribution in [1.29, 1.82) is 0 Å². The maximum atomic E-state index is 13.0. The quantitative estimate of drug-likeness (QED) is 0.928. The van der Waals surface area contributed by atoms with Crippen LogP contribution >= 0.6 is 11.6 Å². The van der Waals surface area contributed by atoms with Gasteiger partial charge in [0, 0.05) is 12.4 Å². The second-order valence-corrected chi connectivity index (χ2v) is 3.93. The average Bonchev–Trinajstić information content (AvgIpc) is 2.41. The first-order chi connectivity index (χ1) is 8.63. The number of rotatable bonds is 3. The van der Waals surface area contributed by atoms with Crippen LogP contribution in [0.1, 0.15) is 17.4 Å². The van der Waals surface area contributed by atoms with Crippen molar-refractivity contribution in [3.8, 4) is 5.88 Å². The van der Waals surface area contributed by atoms with Gasteiger partial charge in [-0.2, -0.15) is 0 Å². The summed E-state index contributed by atoms with van der Waals surface area (Å²) in [7, 11) is 1.43. The van der Waals surface area contributed by atoms with Crippen LogP contribution in [0.5, 0.6) is 5.88 Å². The van der Waals surface area contributed by atoms with E-state index in [-0.39, 0.29) is 16.6 Å². The molecule has 0 amide bonds. The molecule has 2 aromatic rings. The molecule has 0 saturated carbocycles. The Balaban J connectivity index is 2.41. The summed E-state index contributed by atoms with van der Waals surface area (Å²) < 4.78 is 18.0. The lowest BCUT2D eigenvalue weighted by atomic mass is 10.1. The molecule has 0 fully saturated rings. The molecule has 0 aliphatic heterocycles. The molecule has 0 saturated heterocycles. The molecule has 1 aromatic carbocycles. The number of aromatic nitrogens is 2. The Hall–Kier alpha value is -1.72. The SMILES string of the molecule is COc1nccnc1C(O)c1ccc(F)c(Cl)c1. The molecule has 0 radical (unpaired) electrons. The van der Waals surface area contributed by atoms with Gasteiger partial charge in [0.1, 0.15) is 17.6 Å². The lowest BCUT2D eigenvalue weighted by molar-refractivity contribution is 0.207. The van der Waals surface area contributed by atoms with E-state index in [1.807, 2.05) is 0 Å². The average molecular weight is 269 g/mol. The molecular formula is C12H10ClFN2O2. The van der Waals surface area contributed by atoms with Gasteiger partial charge in [-0.25, -0.2) is 9.37 Å². The molecule has 2 rings (SSSR count). The summed E-state index contributed by atoms with van der Waals surface area (Å²) >= 11 is 5.67. The Kier molecular flexibility index (Phi) is 3.74. The fraction of sp³-hybridized carbons (Fsp3) is 0.167. The van der Waals surface area contributed by atoms with E-state index in [0.717, 1.165) is 0 Å². The summed E-state index contributed by atoms with van der Waals surface area (Å²) in [6.45, 7) is 0. The first kappa shape index (κ1) is 12.7. The zero-order chi connectivity index (χ0) is 13.1. The molecule has 0 aliphatic rings. The third-order valence-electron chi connectivity index (χ3n) is 2.40. The predicted molar refractivity (Wildman–Crippen MR) is 64.1 cm³/mol. The van der Waals surface area contributed by atoms with E-state index >= 15 is 0 Å². The van der Waals surface area contributed by atoms with Gasteiger partial charge in [-0.3, -0.25) is 4.98 Å². The number of hydrogen-bond donors (Lipinski definition) is 1. The van der Waals surface area contributed by atoms with Crippen LogP contribution in [-0.2, 0) is 0 Å². The van der Waals surface area contributed by atoms with Gasteiger partial charge in [0.25, 0.3) is 0 Å². The van der Waals surface area contributed by atoms with E-state index in [0.29, 0.717) is 5.56 Å². The van der Waals surface area contributed by atoms with E-state index in [2.05, 4.69) is 9.97 Å². The number of methoxy groups -OCH3 is 1. The highest BCUT2D eigenvalue weighted by molar-refractivity contribution is 6.30. The fourth-order valence-corrected chi connectivity index (χ4v) is 1.71. The number of aliphatic hydroxyl groups excluding tert-OH is 1. The third kappa shape index (κ3) is 2.42. The van der Waals surface area contributed by atoms with E-state index in [1.165, 1.54) is 37.7 Å². The van der Waals surface area contributed by atoms with Crippen LogP contribution < -0.4 is 4.74 Å². The minimum absolute atomic E-state index is 0.0607. The maximum absolute atomic E-state index is 13.0. The molecule has 18 heavy (non-hydrogen) atoms. The maximum Gasteiger partial charge on any atom is 0.238 e. The highest BCUT2D eigenvalue weighted by Gasteiger charge is 2.18. The minimum atomic E-state index is -1.08. The number of benzene rings is 1. The fourth-order valence-electron chi connectivity index (χ4n) is 1.52. The Bertz CT molecular complexity index is 566. The molecule has 0 bridgehead atoms. The monoisotopic (exact) mass is 268 g/mol. The van der Waals surface area contributed by atoms with E-state index < -0.39 is 11.9 Å². The first-order valence-electron chi connectivity index (χ1n) is 5.11. The van der Waals surface area contributed by atoms with Gasteiger partial charge in [0.15, 0.2) is 0 Å². The largest absolute Gasteiger partial charge is 0.480 e. The number of ether oxygens (including phenoxy) is 1. The van der Waals surface area contributed by atoms with Gasteiger partial charge in [0.2, 0.25) is 5.88 Å². The Labute approximate surface area is 108 Å². The zero-order valence-corrected chi connectivity index (χ0v) is 10.2. The van der Waals surface area contributed by atoms with Crippen molar-refractivity contribution in [1.82, 2.24) is 9.97 Å². The molecule has 0 spiro atoms. The van der Waals surface area contributed by atoms with E-state index in [4.69, 9.17) is 16.3 Å². The highest BCUT2D eigenvalue weighted by atomic mass is 35.5. The van der Waals surface area contributed by atoms with Gasteiger partial charge < -0.3 is 9.84 Å². The van der Waals surface area contributed by atoms with Crippen molar-refractivity contribution in [2.24, 2.45) is 0 Å². The Morgan fingerprint density at radius 3 is 2.72 bits per heavy atom. The summed E-state index contributed by atoms with van der Waals surface area (Å²) in [5, 5.41) is 10.1. The van der Waals surface area contributed by atoms with Gasteiger partial charge in [-0.15, -0.1) is 0 Å². The van der Waals surface area contributed by atoms with Crippen molar-refractivity contribution >= 4 is 11.6 Å². The molecule has 1 unspecified atom stereocenters. The summed E-state index contributed by atoms with van der Waals surface area (Å²) in [6.07, 6.45) is 1.81. The van der Waals surface area contributed by atoms with Gasteiger partial charge in [0.05, 0.1) is 12.1 Å². The van der Waals surface area contributed by atoms with Crippen LogP contribution in [0.4, 0.5) is 4.39 Å². The standard InChI is InChI=1S/C12H10ClFN2O2/c1-18-12-10(15-4-5-16-12)11(17)7-2-3-9(14)8(13)6-7/h2-6,11,17H,1H3. The summed E-state index contributed by atoms with van der Waals surface area (Å²) in [5.41, 5.74) is 0.669. The summed E-state index contributed by atoms with van der Waals surface area (Å²) in [6, 6.07) is 3.96. The van der Waals surface area contributed by atoms with Gasteiger partial charge >= 0.3 is 0 Å². The van der Waals surface area contributed by atoms with Gasteiger partial charge in [-0.1, -0.05) is 17.7 Å². The van der Waals surface area contributed by atoms with Gasteiger partial charge in [-0.05, 0) is 17.7 Å². The smallest absolute Gasteiger partial charge is 0.238 e. The predicted octanol–water partition coefficient (Wildman–Crippen LogP) is 2.36. The summed E-state index contributed by atoms with van der Waals surface area (Å²) in [5.74, 6) is -0.329. The lowest BCUT2D eigenvalue weighted by Gasteiger charge is -2.13. The Morgan fingerprint density at radius 1 is 1.33 bits per heavy atom. The van der Waals surface area contributed by atoms with Crippen LogP contribution in [0.2, 0.25) is 5.02 Å². The van der Waals surface area contributed by atoms with Crippen LogP contribution in [0.25, 0.3) is 0 Å². The van der Waals surface area contributed by atoms with Crippen LogP contribution in [0, 0.1) is 5.82 Å². The molecule has 6 heteroatoms. The topological polar surface area (TPSA) is 55.2 Å². The normalized spacial score (nSPS) is 12.2. The number of nitrogens with zero attached hydrogens (tertiary/aromatic N) is 2. The number of aliphatic hydroxyl groups is 1. The van der Waals surface area contributed by atoms with Crippen molar-refractivity contribution in [3.63, 3.8) is 0 Å². The number of hydrogen-bond acceptors (Lipinski definition) is 4. The second-order valence-electron chi connectivity index (χ2n) is 3.53. The minimum Gasteiger partial charge on any atom is -0.480 e. The zero-order valence-electron chi connectivity index (χ0n) is 9.47. The summed E-state index contributed by atoms with van der Waals surface area (Å²) in [4.78, 5) is 7.94. The van der Waals surface area contributed by atoms with Crippen LogP contribution in [-0.4, -0.2) is 22.2 Å². The van der Waals surface area contributed by atoms with E-state index in [9.17, 15) is 9.50 Å². The van der Waals surface area contributed by atoms with Crippen LogP contribution in [0.3, 0.4) is 0 Å². The Morgan fingerprint density at radius 2 is 2.06 bits per heavy atom. The van der Waals surface area contributed by atoms with Crippen molar-refractivity contribution in [3.05, 3.63) is 52.7 Å². The van der Waals surface area contributed by atoms with Crippen molar-refractivity contribution in [2.75, 3.05) is 7.11 Å². The highest BCUT2D eigenvalue weighted by Crippen LogP contribution is 2.28. The molecule has 1 heterocycles. The number of halogens is 2.